The van der Waals surface area contributed by atoms with Gasteiger partial charge in [-0.1, -0.05) is 15.9 Å². The molecule has 0 fully saturated rings. The fourth-order valence-corrected chi connectivity index (χ4v) is 1.35. The summed E-state index contributed by atoms with van der Waals surface area (Å²) in [7, 11) is 1.48. The number of alkyl halides is 3. The Hall–Kier alpha value is -0.710. The molecule has 0 saturated heterocycles. The molecule has 0 aromatic carbocycles. The summed E-state index contributed by atoms with van der Waals surface area (Å²) in [4.78, 5) is 3.56. The third-order valence-corrected chi connectivity index (χ3v) is 2.16. The van der Waals surface area contributed by atoms with Gasteiger partial charge in [-0.15, -0.1) is 0 Å². The average molecular weight is 252 g/mol. The Morgan fingerprint density at radius 3 is 2.77 bits per heavy atom. The molecule has 0 spiro atoms. The van der Waals surface area contributed by atoms with Gasteiger partial charge in [-0.3, -0.25) is 4.98 Å². The molecule has 2 nitrogen and oxygen atoms in total. The van der Waals surface area contributed by atoms with Crippen LogP contribution < -0.4 is 4.74 Å². The highest BCUT2D eigenvalue weighted by molar-refractivity contribution is 9.08. The largest absolute Gasteiger partial charge is 0.495 e. The van der Waals surface area contributed by atoms with Gasteiger partial charge in [0.15, 0.2) is 0 Å². The first-order valence-corrected chi connectivity index (χ1v) is 4.68. The van der Waals surface area contributed by atoms with Gasteiger partial charge in [0.25, 0.3) is 6.43 Å². The van der Waals surface area contributed by atoms with Crippen LogP contribution in [0.2, 0.25) is 0 Å². The van der Waals surface area contributed by atoms with Crippen LogP contribution in [0, 0.1) is 0 Å². The number of aromatic nitrogens is 1. The van der Waals surface area contributed by atoms with Crippen molar-refractivity contribution in [2.75, 3.05) is 7.11 Å². The number of rotatable bonds is 3. The molecule has 0 N–H and O–H groups in total. The Morgan fingerprint density at radius 2 is 2.31 bits per heavy atom. The summed E-state index contributed by atoms with van der Waals surface area (Å²) in [6.45, 7) is 0. The molecule has 0 atom stereocenters. The van der Waals surface area contributed by atoms with E-state index in [1.807, 2.05) is 0 Å². The summed E-state index contributed by atoms with van der Waals surface area (Å²) >= 11 is 3.18. The van der Waals surface area contributed by atoms with Gasteiger partial charge in [0.2, 0.25) is 0 Å². The van der Waals surface area contributed by atoms with Crippen molar-refractivity contribution in [3.05, 3.63) is 23.5 Å². The van der Waals surface area contributed by atoms with Crippen molar-refractivity contribution in [2.24, 2.45) is 0 Å². The lowest BCUT2D eigenvalue weighted by molar-refractivity contribution is 0.146. The van der Waals surface area contributed by atoms with E-state index in [0.29, 0.717) is 16.6 Å². The lowest BCUT2D eigenvalue weighted by Gasteiger charge is -2.06. The molecule has 1 aromatic rings. The van der Waals surface area contributed by atoms with Crippen molar-refractivity contribution in [1.29, 1.82) is 0 Å². The minimum atomic E-state index is -2.54. The van der Waals surface area contributed by atoms with E-state index in [2.05, 4.69) is 20.9 Å². The number of hydrogen-bond donors (Lipinski definition) is 0. The smallest absolute Gasteiger partial charge is 0.280 e. The highest BCUT2D eigenvalue weighted by Gasteiger charge is 2.11. The Labute approximate surface area is 83.1 Å². The number of ether oxygens (including phenoxy) is 1. The summed E-state index contributed by atoms with van der Waals surface area (Å²) in [5.74, 6) is 0.515. The fraction of sp³-hybridized carbons (Fsp3) is 0.375. The third-order valence-electron chi connectivity index (χ3n) is 1.56. The van der Waals surface area contributed by atoms with Crippen molar-refractivity contribution in [1.82, 2.24) is 4.98 Å². The highest BCUT2D eigenvalue weighted by Crippen LogP contribution is 2.24. The Kier molecular flexibility index (Phi) is 3.59. The molecule has 0 bridgehead atoms. The van der Waals surface area contributed by atoms with E-state index in [9.17, 15) is 8.78 Å². The molecule has 72 valence electrons. The zero-order valence-electron chi connectivity index (χ0n) is 6.93. The van der Waals surface area contributed by atoms with Crippen LogP contribution in [0.25, 0.3) is 0 Å². The monoisotopic (exact) mass is 251 g/mol. The zero-order valence-corrected chi connectivity index (χ0v) is 8.51. The number of pyridine rings is 1. The second kappa shape index (κ2) is 4.50. The van der Waals surface area contributed by atoms with Crippen molar-refractivity contribution < 1.29 is 13.5 Å². The van der Waals surface area contributed by atoms with Gasteiger partial charge in [-0.2, -0.15) is 0 Å². The normalized spacial score (nSPS) is 10.5. The molecule has 0 saturated carbocycles. The van der Waals surface area contributed by atoms with E-state index in [4.69, 9.17) is 4.74 Å². The molecule has 1 rings (SSSR count). The number of methoxy groups -OCH3 is 1. The summed E-state index contributed by atoms with van der Waals surface area (Å²) in [5, 5.41) is 0.471. The Bertz CT molecular complexity index is 293. The lowest BCUT2D eigenvalue weighted by Crippen LogP contribution is -1.95. The molecule has 0 aliphatic rings. The molecular formula is C8H8BrF2NO. The molecule has 0 amide bonds. The van der Waals surface area contributed by atoms with Crippen LogP contribution in [-0.4, -0.2) is 12.1 Å². The first-order chi connectivity index (χ1) is 6.19. The van der Waals surface area contributed by atoms with Gasteiger partial charge in [-0.25, -0.2) is 8.78 Å². The maximum Gasteiger partial charge on any atom is 0.280 e. The molecule has 0 unspecified atom stereocenters. The Morgan fingerprint density at radius 1 is 1.62 bits per heavy atom. The van der Waals surface area contributed by atoms with Crippen LogP contribution in [0.5, 0.6) is 5.75 Å². The third kappa shape index (κ3) is 2.37. The van der Waals surface area contributed by atoms with Crippen molar-refractivity contribution >= 4 is 15.9 Å². The molecule has 5 heteroatoms. The van der Waals surface area contributed by atoms with Gasteiger partial charge in [0.1, 0.15) is 11.4 Å². The number of hydrogen-bond acceptors (Lipinski definition) is 2. The van der Waals surface area contributed by atoms with E-state index >= 15 is 0 Å². The molecule has 0 aliphatic carbocycles. The topological polar surface area (TPSA) is 22.1 Å². The first-order valence-electron chi connectivity index (χ1n) is 3.56. The van der Waals surface area contributed by atoms with Crippen molar-refractivity contribution in [3.63, 3.8) is 0 Å². The minimum absolute atomic E-state index is 0.227. The van der Waals surface area contributed by atoms with E-state index in [-0.39, 0.29) is 5.69 Å². The molecule has 1 aromatic heterocycles. The summed E-state index contributed by atoms with van der Waals surface area (Å²) in [6, 6.07) is 1.33. The van der Waals surface area contributed by atoms with Gasteiger partial charge >= 0.3 is 0 Å². The average Bonchev–Trinajstić information content (AvgIpc) is 2.16. The summed E-state index contributed by atoms with van der Waals surface area (Å²) in [6.07, 6.45) is -1.23. The standard InChI is InChI=1S/C8H8BrF2NO/c1-13-7-4-12-6(8(10)11)2-5(7)3-9/h2,4,8H,3H2,1H3. The van der Waals surface area contributed by atoms with Gasteiger partial charge in [0, 0.05) is 10.9 Å². The zero-order chi connectivity index (χ0) is 9.84. The summed E-state index contributed by atoms with van der Waals surface area (Å²) in [5.41, 5.74) is 0.447. The molecule has 0 aliphatic heterocycles. The predicted octanol–water partition coefficient (Wildman–Crippen LogP) is 2.92. The molecular weight excluding hydrogens is 244 g/mol. The molecule has 13 heavy (non-hydrogen) atoms. The highest BCUT2D eigenvalue weighted by atomic mass is 79.9. The quantitative estimate of drug-likeness (QED) is 0.771. The van der Waals surface area contributed by atoms with E-state index in [0.717, 1.165) is 0 Å². The maximum atomic E-state index is 12.2. The fourth-order valence-electron chi connectivity index (χ4n) is 0.911. The van der Waals surface area contributed by atoms with E-state index in [1.54, 1.807) is 0 Å². The lowest BCUT2D eigenvalue weighted by atomic mass is 10.2. The van der Waals surface area contributed by atoms with Crippen LogP contribution in [0.3, 0.4) is 0 Å². The predicted molar refractivity (Wildman–Crippen MR) is 48.4 cm³/mol. The minimum Gasteiger partial charge on any atom is -0.495 e. The van der Waals surface area contributed by atoms with Crippen LogP contribution >= 0.6 is 15.9 Å². The SMILES string of the molecule is COc1cnc(C(F)F)cc1CBr. The van der Waals surface area contributed by atoms with Crippen molar-refractivity contribution in [3.8, 4) is 5.75 Å². The van der Waals surface area contributed by atoms with Gasteiger partial charge < -0.3 is 4.74 Å². The van der Waals surface area contributed by atoms with Gasteiger partial charge in [0.05, 0.1) is 13.3 Å². The van der Waals surface area contributed by atoms with E-state index in [1.165, 1.54) is 19.4 Å². The second-order valence-electron chi connectivity index (χ2n) is 2.36. The molecule has 0 radical (unpaired) electrons. The van der Waals surface area contributed by atoms with E-state index < -0.39 is 6.43 Å². The second-order valence-corrected chi connectivity index (χ2v) is 2.92. The Balaban J connectivity index is 3.05. The maximum absolute atomic E-state index is 12.2. The molecule has 1 heterocycles. The van der Waals surface area contributed by atoms with Crippen LogP contribution in [-0.2, 0) is 5.33 Å². The van der Waals surface area contributed by atoms with Crippen LogP contribution in [0.4, 0.5) is 8.78 Å². The summed E-state index contributed by atoms with van der Waals surface area (Å²) < 4.78 is 29.3. The number of halogens is 3. The van der Waals surface area contributed by atoms with Crippen LogP contribution in [0.15, 0.2) is 12.3 Å². The number of nitrogens with zero attached hydrogens (tertiary/aromatic N) is 1. The first kappa shape index (κ1) is 10.4. The van der Waals surface area contributed by atoms with Gasteiger partial charge in [-0.05, 0) is 6.07 Å². The van der Waals surface area contributed by atoms with Crippen molar-refractivity contribution in [2.45, 2.75) is 11.8 Å². The van der Waals surface area contributed by atoms with Crippen LogP contribution in [0.1, 0.15) is 17.7 Å².